The second kappa shape index (κ2) is 5.87. The Balaban J connectivity index is 2.13. The van der Waals surface area contributed by atoms with Crippen molar-refractivity contribution >= 4 is 16.9 Å². The van der Waals surface area contributed by atoms with Gasteiger partial charge in [-0.1, -0.05) is 30.4 Å². The van der Waals surface area contributed by atoms with Crippen molar-refractivity contribution in [2.45, 2.75) is 20.4 Å². The number of aryl methyl sites for hydroxylation is 2. The molecular weight excluding hydrogens is 330 g/mol. The predicted molar refractivity (Wildman–Crippen MR) is 101 cm³/mol. The molecule has 0 radical (unpaired) electrons. The maximum Gasteiger partial charge on any atom is 0.332 e. The summed E-state index contributed by atoms with van der Waals surface area (Å²) in [6, 6.07) is 9.82. The van der Waals surface area contributed by atoms with Crippen LogP contribution in [-0.4, -0.2) is 23.1 Å². The largest absolute Gasteiger partial charge is 0.332 e. The van der Waals surface area contributed by atoms with Gasteiger partial charge in [-0.15, -0.1) is 0 Å². The standard InChI is InChI=1S/C19H19N5O2/c1-4-5-11-22-17(25)15-16(21(3)19(22)26)20-18-23(15)12-13(2)24(18)14-9-7-6-8-10-14/h4-10,12H,11H2,1-3H3. The van der Waals surface area contributed by atoms with Crippen LogP contribution < -0.4 is 11.2 Å². The van der Waals surface area contributed by atoms with Crippen LogP contribution in [0.2, 0.25) is 0 Å². The van der Waals surface area contributed by atoms with Crippen molar-refractivity contribution in [2.24, 2.45) is 7.05 Å². The first-order chi connectivity index (χ1) is 12.5. The quantitative estimate of drug-likeness (QED) is 0.532. The molecule has 26 heavy (non-hydrogen) atoms. The molecule has 0 atom stereocenters. The Labute approximate surface area is 149 Å². The zero-order chi connectivity index (χ0) is 18.4. The number of hydrogen-bond acceptors (Lipinski definition) is 3. The van der Waals surface area contributed by atoms with Crippen molar-refractivity contribution < 1.29 is 0 Å². The SMILES string of the molecule is CC=CCn1c(=O)c2c(nc3n(-c4ccccc4)c(C)cn23)n(C)c1=O. The highest BCUT2D eigenvalue weighted by Crippen LogP contribution is 2.20. The molecule has 3 heterocycles. The van der Waals surface area contributed by atoms with Crippen LogP contribution in [-0.2, 0) is 13.6 Å². The van der Waals surface area contributed by atoms with Crippen LogP contribution in [0.3, 0.4) is 0 Å². The molecule has 0 N–H and O–H groups in total. The van der Waals surface area contributed by atoms with Gasteiger partial charge in [0.25, 0.3) is 5.56 Å². The van der Waals surface area contributed by atoms with Crippen LogP contribution in [0.4, 0.5) is 0 Å². The van der Waals surface area contributed by atoms with Gasteiger partial charge in [-0.3, -0.25) is 22.9 Å². The van der Waals surface area contributed by atoms with Gasteiger partial charge in [0.05, 0.1) is 0 Å². The molecule has 0 unspecified atom stereocenters. The zero-order valence-corrected chi connectivity index (χ0v) is 14.9. The van der Waals surface area contributed by atoms with E-state index in [1.165, 1.54) is 9.13 Å². The normalized spacial score (nSPS) is 12.0. The van der Waals surface area contributed by atoms with Gasteiger partial charge in [-0.2, -0.15) is 4.98 Å². The van der Waals surface area contributed by atoms with E-state index in [1.807, 2.05) is 61.0 Å². The summed E-state index contributed by atoms with van der Waals surface area (Å²) in [6.45, 7) is 4.06. The summed E-state index contributed by atoms with van der Waals surface area (Å²) in [5.74, 6) is 0.611. The fourth-order valence-electron chi connectivity index (χ4n) is 3.28. The van der Waals surface area contributed by atoms with E-state index in [2.05, 4.69) is 4.98 Å². The van der Waals surface area contributed by atoms with E-state index in [-0.39, 0.29) is 17.8 Å². The van der Waals surface area contributed by atoms with E-state index in [0.717, 1.165) is 11.4 Å². The highest BCUT2D eigenvalue weighted by atomic mass is 16.2. The minimum Gasteiger partial charge on any atom is -0.283 e. The van der Waals surface area contributed by atoms with Crippen molar-refractivity contribution in [1.82, 2.24) is 23.1 Å². The summed E-state index contributed by atoms with van der Waals surface area (Å²) in [6.07, 6.45) is 5.48. The molecule has 4 aromatic rings. The van der Waals surface area contributed by atoms with Crippen molar-refractivity contribution in [2.75, 3.05) is 0 Å². The number of imidazole rings is 2. The Hall–Kier alpha value is -3.35. The molecule has 7 nitrogen and oxygen atoms in total. The van der Waals surface area contributed by atoms with Gasteiger partial charge in [0.1, 0.15) is 0 Å². The molecule has 0 fully saturated rings. The minimum absolute atomic E-state index is 0.240. The maximum absolute atomic E-state index is 13.0. The Kier molecular flexibility index (Phi) is 3.64. The van der Waals surface area contributed by atoms with Crippen LogP contribution in [0.5, 0.6) is 0 Å². The predicted octanol–water partition coefficient (Wildman–Crippen LogP) is 2.02. The van der Waals surface area contributed by atoms with Gasteiger partial charge < -0.3 is 0 Å². The van der Waals surface area contributed by atoms with Crippen LogP contribution in [0, 0.1) is 6.92 Å². The second-order valence-corrected chi connectivity index (χ2v) is 6.22. The van der Waals surface area contributed by atoms with Gasteiger partial charge in [0.15, 0.2) is 11.2 Å². The highest BCUT2D eigenvalue weighted by Gasteiger charge is 2.20. The van der Waals surface area contributed by atoms with Gasteiger partial charge in [-0.05, 0) is 26.0 Å². The smallest absolute Gasteiger partial charge is 0.283 e. The minimum atomic E-state index is -0.371. The van der Waals surface area contributed by atoms with E-state index < -0.39 is 0 Å². The lowest BCUT2D eigenvalue weighted by Gasteiger charge is -2.06. The Bertz CT molecular complexity index is 1270. The fourth-order valence-corrected chi connectivity index (χ4v) is 3.28. The second-order valence-electron chi connectivity index (χ2n) is 6.22. The number of para-hydroxylation sites is 1. The number of aromatic nitrogens is 5. The Morgan fingerprint density at radius 1 is 1.15 bits per heavy atom. The molecule has 132 valence electrons. The van der Waals surface area contributed by atoms with Crippen molar-refractivity contribution in [3.8, 4) is 5.69 Å². The van der Waals surface area contributed by atoms with E-state index in [9.17, 15) is 9.59 Å². The van der Waals surface area contributed by atoms with Crippen LogP contribution in [0.25, 0.3) is 22.6 Å². The first-order valence-corrected chi connectivity index (χ1v) is 8.41. The number of nitrogens with zero attached hydrogens (tertiary/aromatic N) is 5. The topological polar surface area (TPSA) is 66.2 Å². The molecule has 0 aliphatic rings. The first-order valence-electron chi connectivity index (χ1n) is 8.41. The molecular formula is C19H19N5O2. The molecule has 7 heteroatoms. The third-order valence-electron chi connectivity index (χ3n) is 4.56. The maximum atomic E-state index is 13.0. The van der Waals surface area contributed by atoms with E-state index in [0.29, 0.717) is 16.9 Å². The highest BCUT2D eigenvalue weighted by molar-refractivity contribution is 5.76. The van der Waals surface area contributed by atoms with Crippen molar-refractivity contribution in [3.05, 3.63) is 75.2 Å². The zero-order valence-electron chi connectivity index (χ0n) is 14.9. The average molecular weight is 349 g/mol. The molecule has 0 saturated heterocycles. The summed E-state index contributed by atoms with van der Waals surface area (Å²) in [7, 11) is 1.64. The number of hydrogen-bond donors (Lipinski definition) is 0. The molecule has 0 amide bonds. The van der Waals surface area contributed by atoms with Gasteiger partial charge in [0, 0.05) is 31.2 Å². The van der Waals surface area contributed by atoms with Crippen LogP contribution in [0.15, 0.2) is 58.3 Å². The third kappa shape index (κ3) is 2.17. The fraction of sp³-hybridized carbons (Fsp3) is 0.211. The number of fused-ring (bicyclic) bond motifs is 3. The molecule has 0 aliphatic carbocycles. The van der Waals surface area contributed by atoms with E-state index in [1.54, 1.807) is 17.5 Å². The van der Waals surface area contributed by atoms with Crippen molar-refractivity contribution in [3.63, 3.8) is 0 Å². The molecule has 1 aromatic carbocycles. The lowest BCUT2D eigenvalue weighted by atomic mass is 10.3. The molecule has 0 saturated carbocycles. The van der Waals surface area contributed by atoms with Gasteiger partial charge in [-0.25, -0.2) is 4.79 Å². The molecule has 0 bridgehead atoms. The molecule has 0 aliphatic heterocycles. The lowest BCUT2D eigenvalue weighted by Crippen LogP contribution is -2.39. The lowest BCUT2D eigenvalue weighted by molar-refractivity contribution is 0.666. The third-order valence-corrected chi connectivity index (χ3v) is 4.56. The summed E-state index contributed by atoms with van der Waals surface area (Å²) in [5, 5.41) is 0. The average Bonchev–Trinajstić information content (AvgIpc) is 3.15. The van der Waals surface area contributed by atoms with Crippen molar-refractivity contribution in [1.29, 1.82) is 0 Å². The summed E-state index contributed by atoms with van der Waals surface area (Å²) < 4.78 is 6.40. The Morgan fingerprint density at radius 2 is 1.88 bits per heavy atom. The van der Waals surface area contributed by atoms with Gasteiger partial charge in [0.2, 0.25) is 5.78 Å². The number of rotatable bonds is 3. The van der Waals surface area contributed by atoms with Crippen LogP contribution in [0.1, 0.15) is 12.6 Å². The number of benzene rings is 1. The molecule has 0 spiro atoms. The summed E-state index contributed by atoms with van der Waals surface area (Å²) >= 11 is 0. The first kappa shape index (κ1) is 16.1. The number of allylic oxidation sites excluding steroid dienone is 2. The van der Waals surface area contributed by atoms with E-state index >= 15 is 0 Å². The molecule has 3 aromatic heterocycles. The van der Waals surface area contributed by atoms with E-state index in [4.69, 9.17) is 0 Å². The monoisotopic (exact) mass is 349 g/mol. The summed E-state index contributed by atoms with van der Waals surface area (Å²) in [5.41, 5.74) is 1.99. The van der Waals surface area contributed by atoms with Crippen LogP contribution >= 0.6 is 0 Å². The Morgan fingerprint density at radius 3 is 2.58 bits per heavy atom. The molecule has 4 rings (SSSR count). The van der Waals surface area contributed by atoms with Gasteiger partial charge >= 0.3 is 5.69 Å². The summed E-state index contributed by atoms with van der Waals surface area (Å²) in [4.78, 5) is 30.2.